The number of aliphatic hydroxyl groups excluding tert-OH is 1. The molecule has 0 saturated carbocycles. The summed E-state index contributed by atoms with van der Waals surface area (Å²) in [6.45, 7) is 1.13. The van der Waals surface area contributed by atoms with Gasteiger partial charge < -0.3 is 15.5 Å². The van der Waals surface area contributed by atoms with Crippen LogP contribution in [0.15, 0.2) is 10.2 Å². The van der Waals surface area contributed by atoms with Gasteiger partial charge in [-0.1, -0.05) is 11.3 Å². The smallest absolute Gasteiger partial charge is 0.326 e. The maximum absolute atomic E-state index is 11.6. The van der Waals surface area contributed by atoms with Crippen molar-refractivity contribution < 1.29 is 19.8 Å². The number of thiazole rings is 1. The zero-order valence-corrected chi connectivity index (χ0v) is 10.6. The van der Waals surface area contributed by atoms with Crippen molar-refractivity contribution >= 4 is 23.2 Å². The molecule has 0 saturated heterocycles. The van der Waals surface area contributed by atoms with Crippen LogP contribution in [0.25, 0.3) is 0 Å². The van der Waals surface area contributed by atoms with Gasteiger partial charge in [-0.05, 0) is 6.92 Å². The first-order valence-corrected chi connectivity index (χ1v) is 6.11. The van der Waals surface area contributed by atoms with Gasteiger partial charge in [0.25, 0.3) is 0 Å². The molecule has 3 N–H and O–H groups in total. The number of aryl methyl sites for hydroxylation is 1. The van der Waals surface area contributed by atoms with Crippen LogP contribution in [0.4, 0.5) is 0 Å². The number of hydrogen-bond donors (Lipinski definition) is 3. The fourth-order valence-electron chi connectivity index (χ4n) is 1.37. The van der Waals surface area contributed by atoms with Crippen molar-refractivity contribution in [3.8, 4) is 0 Å². The Balaban J connectivity index is 2.66. The Morgan fingerprint density at radius 3 is 2.67 bits per heavy atom. The first-order valence-electron chi connectivity index (χ1n) is 5.23. The van der Waals surface area contributed by atoms with E-state index < -0.39 is 17.9 Å². The van der Waals surface area contributed by atoms with Crippen molar-refractivity contribution in [3.63, 3.8) is 0 Å². The molecule has 1 aromatic heterocycles. The number of rotatable bonds is 6. The second-order valence-electron chi connectivity index (χ2n) is 3.70. The summed E-state index contributed by atoms with van der Waals surface area (Å²) in [5, 5.41) is 21.4. The lowest BCUT2D eigenvalue weighted by molar-refractivity contribution is -0.142. The minimum absolute atomic E-state index is 0.0708. The van der Waals surface area contributed by atoms with Crippen LogP contribution in [-0.4, -0.2) is 39.3 Å². The van der Waals surface area contributed by atoms with Gasteiger partial charge in [-0.25, -0.2) is 4.79 Å². The lowest BCUT2D eigenvalue weighted by Crippen LogP contribution is -2.43. The van der Waals surface area contributed by atoms with Crippen LogP contribution < -0.4 is 10.2 Å². The van der Waals surface area contributed by atoms with E-state index in [-0.39, 0.29) is 24.4 Å². The van der Waals surface area contributed by atoms with Crippen molar-refractivity contribution in [1.29, 1.82) is 0 Å². The number of carboxylic acids is 1. The fourth-order valence-corrected chi connectivity index (χ4v) is 2.10. The molecular formula is C10H14N2O5S. The largest absolute Gasteiger partial charge is 0.480 e. The number of aromatic nitrogens is 1. The molecule has 0 bridgehead atoms. The molecular weight excluding hydrogens is 260 g/mol. The molecule has 1 aromatic rings. The quantitative estimate of drug-likeness (QED) is 0.627. The van der Waals surface area contributed by atoms with E-state index in [2.05, 4.69) is 5.32 Å². The van der Waals surface area contributed by atoms with Crippen LogP contribution >= 0.6 is 11.3 Å². The van der Waals surface area contributed by atoms with E-state index in [1.54, 1.807) is 12.3 Å². The number of nitrogens with one attached hydrogen (secondary N) is 1. The number of carboxylic acid groups (broad SMARTS) is 1. The highest BCUT2D eigenvalue weighted by Crippen LogP contribution is 1.99. The summed E-state index contributed by atoms with van der Waals surface area (Å²) in [6, 6.07) is -1.14. The molecule has 1 heterocycles. The topological polar surface area (TPSA) is 109 Å². The van der Waals surface area contributed by atoms with Crippen LogP contribution in [0.1, 0.15) is 12.1 Å². The van der Waals surface area contributed by atoms with Crippen molar-refractivity contribution in [1.82, 2.24) is 9.88 Å². The molecule has 1 atom stereocenters. The zero-order valence-electron chi connectivity index (χ0n) is 9.75. The van der Waals surface area contributed by atoms with Gasteiger partial charge in [0.15, 0.2) is 0 Å². The highest BCUT2D eigenvalue weighted by Gasteiger charge is 2.19. The standard InChI is InChI=1S/C10H14N2O5S/c1-6-5-18-10(17)12(6)4-8(14)11-7(2-3-13)9(15)16/h5,7,13H,2-4H2,1H3,(H,11,14)(H,15,16)/t7-/m0/s1. The molecule has 1 rings (SSSR count). The van der Waals surface area contributed by atoms with Gasteiger partial charge in [-0.2, -0.15) is 0 Å². The molecule has 0 aromatic carbocycles. The van der Waals surface area contributed by atoms with Crippen LogP contribution in [-0.2, 0) is 16.1 Å². The highest BCUT2D eigenvalue weighted by atomic mass is 32.1. The molecule has 1 amide bonds. The first-order chi connectivity index (χ1) is 8.45. The van der Waals surface area contributed by atoms with Crippen molar-refractivity contribution in [2.24, 2.45) is 0 Å². The van der Waals surface area contributed by atoms with Crippen LogP contribution in [0.2, 0.25) is 0 Å². The Bertz CT molecular complexity index is 493. The third-order valence-electron chi connectivity index (χ3n) is 2.33. The Morgan fingerprint density at radius 2 is 2.22 bits per heavy atom. The second kappa shape index (κ2) is 6.31. The van der Waals surface area contributed by atoms with Gasteiger partial charge >= 0.3 is 10.8 Å². The molecule has 0 spiro atoms. The van der Waals surface area contributed by atoms with Gasteiger partial charge in [0, 0.05) is 24.1 Å². The molecule has 18 heavy (non-hydrogen) atoms. The number of hydrogen-bond acceptors (Lipinski definition) is 5. The Hall–Kier alpha value is -1.67. The number of aliphatic carboxylic acids is 1. The zero-order chi connectivity index (χ0) is 13.7. The van der Waals surface area contributed by atoms with Crippen LogP contribution in [0, 0.1) is 6.92 Å². The Kier molecular flexibility index (Phi) is 5.05. The molecule has 0 fully saturated rings. The predicted octanol–water partition coefficient (Wildman–Crippen LogP) is -0.830. The van der Waals surface area contributed by atoms with Crippen LogP contribution in [0.3, 0.4) is 0 Å². The Labute approximate surface area is 107 Å². The van der Waals surface area contributed by atoms with Crippen LogP contribution in [0.5, 0.6) is 0 Å². The number of nitrogens with zero attached hydrogens (tertiary/aromatic N) is 1. The van der Waals surface area contributed by atoms with E-state index >= 15 is 0 Å². The van der Waals surface area contributed by atoms with Gasteiger partial charge in [0.2, 0.25) is 5.91 Å². The van der Waals surface area contributed by atoms with Gasteiger partial charge in [0.05, 0.1) is 0 Å². The third-order valence-corrected chi connectivity index (χ3v) is 3.21. The normalized spacial score (nSPS) is 12.1. The molecule has 0 radical (unpaired) electrons. The highest BCUT2D eigenvalue weighted by molar-refractivity contribution is 7.07. The average molecular weight is 274 g/mol. The predicted molar refractivity (Wildman–Crippen MR) is 64.6 cm³/mol. The number of aliphatic hydroxyl groups is 1. The Morgan fingerprint density at radius 1 is 1.56 bits per heavy atom. The molecule has 0 unspecified atom stereocenters. The third kappa shape index (κ3) is 3.67. The summed E-state index contributed by atoms with van der Waals surface area (Å²) in [5.74, 6) is -1.79. The minimum Gasteiger partial charge on any atom is -0.480 e. The maximum atomic E-state index is 11.6. The summed E-state index contributed by atoms with van der Waals surface area (Å²) in [7, 11) is 0. The van der Waals surface area contributed by atoms with E-state index in [1.807, 2.05) is 0 Å². The summed E-state index contributed by atoms with van der Waals surface area (Å²) >= 11 is 0.980. The summed E-state index contributed by atoms with van der Waals surface area (Å²) in [4.78, 5) is 33.5. The van der Waals surface area contributed by atoms with Gasteiger partial charge in [-0.15, -0.1) is 0 Å². The lowest BCUT2D eigenvalue weighted by atomic mass is 10.2. The maximum Gasteiger partial charge on any atom is 0.326 e. The molecule has 0 aliphatic rings. The first kappa shape index (κ1) is 14.4. The van der Waals surface area contributed by atoms with Crippen molar-refractivity contribution in [2.45, 2.75) is 25.9 Å². The SMILES string of the molecule is Cc1csc(=O)n1CC(=O)N[C@@H](CCO)C(=O)O. The van der Waals surface area contributed by atoms with E-state index in [0.29, 0.717) is 5.69 Å². The minimum atomic E-state index is -1.22. The molecule has 0 aliphatic carbocycles. The fraction of sp³-hybridized carbons (Fsp3) is 0.500. The number of carbonyl (C=O) groups is 2. The molecule has 100 valence electrons. The molecule has 7 nitrogen and oxygen atoms in total. The van der Waals surface area contributed by atoms with E-state index in [9.17, 15) is 14.4 Å². The summed E-state index contributed by atoms with van der Waals surface area (Å²) in [5.41, 5.74) is 0.647. The number of amides is 1. The molecule has 0 aliphatic heterocycles. The number of carbonyl (C=O) groups excluding carboxylic acids is 1. The summed E-state index contributed by atoms with van der Waals surface area (Å²) in [6.07, 6.45) is -0.0708. The monoisotopic (exact) mass is 274 g/mol. The lowest BCUT2D eigenvalue weighted by Gasteiger charge is -2.13. The van der Waals surface area contributed by atoms with Crippen molar-refractivity contribution in [3.05, 3.63) is 20.7 Å². The second-order valence-corrected chi connectivity index (χ2v) is 4.52. The van der Waals surface area contributed by atoms with Gasteiger partial charge in [-0.3, -0.25) is 14.2 Å². The van der Waals surface area contributed by atoms with Gasteiger partial charge in [0.1, 0.15) is 12.6 Å². The van der Waals surface area contributed by atoms with E-state index in [1.165, 1.54) is 4.57 Å². The van der Waals surface area contributed by atoms with E-state index in [0.717, 1.165) is 11.3 Å². The van der Waals surface area contributed by atoms with E-state index in [4.69, 9.17) is 10.2 Å². The average Bonchev–Trinajstić information content (AvgIpc) is 2.60. The van der Waals surface area contributed by atoms with Crippen molar-refractivity contribution in [2.75, 3.05) is 6.61 Å². The summed E-state index contributed by atoms with van der Waals surface area (Å²) < 4.78 is 1.26. The molecule has 8 heteroatoms.